The Morgan fingerprint density at radius 1 is 1.38 bits per heavy atom. The molecule has 0 atom stereocenters. The van der Waals surface area contributed by atoms with Gasteiger partial charge in [-0.1, -0.05) is 0 Å². The minimum Gasteiger partial charge on any atom is -0.495 e. The van der Waals surface area contributed by atoms with Gasteiger partial charge in [0.25, 0.3) is 0 Å². The van der Waals surface area contributed by atoms with Crippen molar-refractivity contribution < 1.29 is 13.2 Å². The van der Waals surface area contributed by atoms with Crippen LogP contribution in [0.1, 0.15) is 9.75 Å². The highest BCUT2D eigenvalue weighted by molar-refractivity contribution is 7.89. The number of anilines is 1. The Morgan fingerprint density at radius 2 is 2.14 bits per heavy atom. The van der Waals surface area contributed by atoms with Crippen molar-refractivity contribution in [1.29, 1.82) is 5.26 Å². The summed E-state index contributed by atoms with van der Waals surface area (Å²) in [5, 5.41) is 17.0. The number of benzene rings is 1. The zero-order valence-electron chi connectivity index (χ0n) is 11.2. The van der Waals surface area contributed by atoms with Gasteiger partial charge in [-0.2, -0.15) is 5.26 Å². The Morgan fingerprint density at radius 3 is 2.71 bits per heavy atom. The zero-order valence-corrected chi connectivity index (χ0v) is 12.8. The molecule has 0 fully saturated rings. The van der Waals surface area contributed by atoms with Crippen molar-refractivity contribution in [3.63, 3.8) is 0 Å². The molecule has 21 heavy (non-hydrogen) atoms. The van der Waals surface area contributed by atoms with Crippen molar-refractivity contribution in [2.45, 2.75) is 11.4 Å². The lowest BCUT2D eigenvalue weighted by atomic mass is 10.3. The molecule has 0 bridgehead atoms. The minimum atomic E-state index is -3.77. The highest BCUT2D eigenvalue weighted by Gasteiger charge is 2.12. The van der Waals surface area contributed by atoms with E-state index in [9.17, 15) is 8.42 Å². The van der Waals surface area contributed by atoms with Crippen molar-refractivity contribution in [2.75, 3.05) is 12.4 Å². The molecule has 0 aliphatic heterocycles. The van der Waals surface area contributed by atoms with Gasteiger partial charge < -0.3 is 10.1 Å². The second-order valence-electron chi connectivity index (χ2n) is 4.14. The molecule has 1 heterocycles. The van der Waals surface area contributed by atoms with Gasteiger partial charge in [0.15, 0.2) is 0 Å². The van der Waals surface area contributed by atoms with Crippen LogP contribution in [-0.2, 0) is 16.6 Å². The summed E-state index contributed by atoms with van der Waals surface area (Å²) in [6.07, 6.45) is 0. The van der Waals surface area contributed by atoms with Crippen molar-refractivity contribution in [1.82, 2.24) is 0 Å². The summed E-state index contributed by atoms with van der Waals surface area (Å²) in [5.74, 6) is 0.513. The largest absolute Gasteiger partial charge is 0.495 e. The summed E-state index contributed by atoms with van der Waals surface area (Å²) in [5.41, 5.74) is 0.524. The number of rotatable bonds is 5. The van der Waals surface area contributed by atoms with Gasteiger partial charge in [-0.3, -0.25) is 0 Å². The summed E-state index contributed by atoms with van der Waals surface area (Å²) in [7, 11) is -2.27. The molecule has 0 aliphatic carbocycles. The van der Waals surface area contributed by atoms with Gasteiger partial charge in [0.2, 0.25) is 10.0 Å². The molecule has 0 unspecified atom stereocenters. The third-order valence-electron chi connectivity index (χ3n) is 2.72. The van der Waals surface area contributed by atoms with E-state index in [-0.39, 0.29) is 4.90 Å². The number of hydrogen-bond acceptors (Lipinski definition) is 6. The van der Waals surface area contributed by atoms with Crippen LogP contribution in [0.2, 0.25) is 0 Å². The molecule has 0 aliphatic rings. The van der Waals surface area contributed by atoms with Gasteiger partial charge in [0, 0.05) is 11.4 Å². The molecule has 6 nitrogen and oxygen atoms in total. The normalized spacial score (nSPS) is 10.9. The molecular formula is C13H13N3O3S2. The Labute approximate surface area is 126 Å². The monoisotopic (exact) mass is 323 g/mol. The van der Waals surface area contributed by atoms with Crippen molar-refractivity contribution >= 4 is 27.0 Å². The summed E-state index contributed by atoms with van der Waals surface area (Å²) in [6.45, 7) is 0.455. The molecule has 110 valence electrons. The molecule has 0 saturated carbocycles. The van der Waals surface area contributed by atoms with Gasteiger partial charge in [0.1, 0.15) is 16.7 Å². The predicted molar refractivity (Wildman–Crippen MR) is 80.7 cm³/mol. The van der Waals surface area contributed by atoms with Gasteiger partial charge >= 0.3 is 0 Å². The topological polar surface area (TPSA) is 105 Å². The van der Waals surface area contributed by atoms with E-state index in [1.54, 1.807) is 6.07 Å². The maximum atomic E-state index is 11.4. The third kappa shape index (κ3) is 3.72. The fourth-order valence-corrected chi connectivity index (χ4v) is 3.00. The Hall–Kier alpha value is -2.08. The Kier molecular flexibility index (Phi) is 4.47. The number of ether oxygens (including phenoxy) is 1. The standard InChI is InChI=1S/C13H13N3O3S2/c1-19-13-5-4-11(21(15,17)18)6-12(13)16-8-10-3-2-9(7-14)20-10/h2-6,16H,8H2,1H3,(H2,15,17,18). The summed E-state index contributed by atoms with van der Waals surface area (Å²) in [4.78, 5) is 1.58. The van der Waals surface area contributed by atoms with Gasteiger partial charge in [-0.25, -0.2) is 13.6 Å². The van der Waals surface area contributed by atoms with Gasteiger partial charge in [0.05, 0.1) is 17.7 Å². The van der Waals surface area contributed by atoms with E-state index < -0.39 is 10.0 Å². The lowest BCUT2D eigenvalue weighted by Gasteiger charge is -2.11. The molecule has 0 saturated heterocycles. The molecule has 8 heteroatoms. The molecular weight excluding hydrogens is 310 g/mol. The zero-order chi connectivity index (χ0) is 15.5. The number of nitrogens with zero attached hydrogens (tertiary/aromatic N) is 1. The molecule has 2 aromatic rings. The van der Waals surface area contributed by atoms with E-state index in [1.165, 1.54) is 36.6 Å². The molecule has 0 amide bonds. The lowest BCUT2D eigenvalue weighted by Crippen LogP contribution is -2.12. The number of nitriles is 1. The van der Waals surface area contributed by atoms with Crippen LogP contribution >= 0.6 is 11.3 Å². The highest BCUT2D eigenvalue weighted by Crippen LogP contribution is 2.28. The van der Waals surface area contributed by atoms with Crippen LogP contribution in [0, 0.1) is 11.3 Å². The number of sulfonamides is 1. The Bertz CT molecular complexity index is 791. The quantitative estimate of drug-likeness (QED) is 0.874. The summed E-state index contributed by atoms with van der Waals surface area (Å²) in [6, 6.07) is 9.99. The first-order valence-electron chi connectivity index (χ1n) is 5.87. The van der Waals surface area contributed by atoms with Crippen LogP contribution in [0.5, 0.6) is 5.75 Å². The molecule has 2 rings (SSSR count). The summed E-state index contributed by atoms with van der Waals surface area (Å²) < 4.78 is 27.9. The third-order valence-corrected chi connectivity index (χ3v) is 4.63. The summed E-state index contributed by atoms with van der Waals surface area (Å²) >= 11 is 1.37. The molecule has 3 N–H and O–H groups in total. The number of nitrogens with two attached hydrogens (primary N) is 1. The van der Waals surface area contributed by atoms with E-state index >= 15 is 0 Å². The number of hydrogen-bond donors (Lipinski definition) is 2. The average molecular weight is 323 g/mol. The number of nitrogens with one attached hydrogen (secondary N) is 1. The Balaban J connectivity index is 2.23. The van der Waals surface area contributed by atoms with E-state index in [4.69, 9.17) is 15.1 Å². The van der Waals surface area contributed by atoms with E-state index in [0.717, 1.165) is 4.88 Å². The maximum absolute atomic E-state index is 11.4. The highest BCUT2D eigenvalue weighted by atomic mass is 32.2. The van der Waals surface area contributed by atoms with E-state index in [0.29, 0.717) is 22.9 Å². The van der Waals surface area contributed by atoms with E-state index in [1.807, 2.05) is 6.07 Å². The van der Waals surface area contributed by atoms with Crippen molar-refractivity contribution in [3.8, 4) is 11.8 Å². The second-order valence-corrected chi connectivity index (χ2v) is 6.87. The minimum absolute atomic E-state index is 0.00898. The van der Waals surface area contributed by atoms with Crippen molar-refractivity contribution in [2.24, 2.45) is 5.14 Å². The van der Waals surface area contributed by atoms with Gasteiger partial charge in [-0.15, -0.1) is 11.3 Å². The molecule has 1 aromatic carbocycles. The van der Waals surface area contributed by atoms with Crippen LogP contribution in [-0.4, -0.2) is 15.5 Å². The molecule has 0 spiro atoms. The number of methoxy groups -OCH3 is 1. The maximum Gasteiger partial charge on any atom is 0.238 e. The van der Waals surface area contributed by atoms with Crippen LogP contribution in [0.25, 0.3) is 0 Å². The van der Waals surface area contributed by atoms with Gasteiger partial charge in [-0.05, 0) is 30.3 Å². The smallest absolute Gasteiger partial charge is 0.238 e. The number of thiophene rings is 1. The first-order chi connectivity index (χ1) is 9.94. The molecule has 1 aromatic heterocycles. The van der Waals surface area contributed by atoms with Crippen LogP contribution < -0.4 is 15.2 Å². The fourth-order valence-electron chi connectivity index (χ4n) is 1.72. The lowest BCUT2D eigenvalue weighted by molar-refractivity contribution is 0.416. The first kappa shape index (κ1) is 15.3. The fraction of sp³-hybridized carbons (Fsp3) is 0.154. The van der Waals surface area contributed by atoms with Crippen LogP contribution in [0.3, 0.4) is 0 Å². The van der Waals surface area contributed by atoms with E-state index in [2.05, 4.69) is 11.4 Å². The second kappa shape index (κ2) is 6.13. The average Bonchev–Trinajstić information content (AvgIpc) is 2.91. The predicted octanol–water partition coefficient (Wildman–Crippen LogP) is 1.89. The SMILES string of the molecule is COc1ccc(S(N)(=O)=O)cc1NCc1ccc(C#N)s1. The molecule has 0 radical (unpaired) electrons. The number of primary sulfonamides is 1. The van der Waals surface area contributed by atoms with Crippen LogP contribution in [0.4, 0.5) is 5.69 Å². The van der Waals surface area contributed by atoms with Crippen LogP contribution in [0.15, 0.2) is 35.2 Å². The first-order valence-corrected chi connectivity index (χ1v) is 8.24. The van der Waals surface area contributed by atoms with Crippen molar-refractivity contribution in [3.05, 3.63) is 40.1 Å².